The summed E-state index contributed by atoms with van der Waals surface area (Å²) in [6, 6.07) is 20.2. The maximum Gasteiger partial charge on any atom is 0.282 e. The average Bonchev–Trinajstić information content (AvgIpc) is 2.55. The van der Waals surface area contributed by atoms with E-state index in [0.717, 1.165) is 12.1 Å². The zero-order valence-electron chi connectivity index (χ0n) is 14.2. The second kappa shape index (κ2) is 8.49. The molecule has 23 heavy (non-hydrogen) atoms. The minimum Gasteiger partial charge on any atom is -0.330 e. The van der Waals surface area contributed by atoms with Crippen LogP contribution >= 0.6 is 0 Å². The van der Waals surface area contributed by atoms with Gasteiger partial charge in [0.25, 0.3) is 5.91 Å². The highest BCUT2D eigenvalue weighted by Gasteiger charge is 2.24. The van der Waals surface area contributed by atoms with Gasteiger partial charge < -0.3 is 10.6 Å². The number of rotatable bonds is 7. The molecule has 0 aliphatic carbocycles. The van der Waals surface area contributed by atoms with E-state index in [1.54, 1.807) is 0 Å². The first kappa shape index (κ1) is 17.2. The Balaban J connectivity index is 2.02. The first-order valence-corrected chi connectivity index (χ1v) is 8.32. The van der Waals surface area contributed by atoms with Gasteiger partial charge >= 0.3 is 0 Å². The molecule has 0 fully saturated rings. The van der Waals surface area contributed by atoms with Crippen LogP contribution < -0.4 is 10.6 Å². The summed E-state index contributed by atoms with van der Waals surface area (Å²) in [7, 11) is 0. The lowest BCUT2D eigenvalue weighted by atomic mass is 9.96. The quantitative estimate of drug-likeness (QED) is 0.809. The van der Waals surface area contributed by atoms with E-state index in [1.165, 1.54) is 5.56 Å². The van der Waals surface area contributed by atoms with Crippen molar-refractivity contribution in [2.24, 2.45) is 5.92 Å². The number of anilines is 1. The molecule has 3 heteroatoms. The molecule has 0 heterocycles. The van der Waals surface area contributed by atoms with Crippen molar-refractivity contribution in [3.63, 3.8) is 0 Å². The van der Waals surface area contributed by atoms with Crippen LogP contribution in [0, 0.1) is 5.92 Å². The van der Waals surface area contributed by atoms with Gasteiger partial charge in [-0.15, -0.1) is 0 Å². The Hall–Kier alpha value is -2.13. The zero-order chi connectivity index (χ0) is 16.7. The van der Waals surface area contributed by atoms with Crippen molar-refractivity contribution in [1.82, 2.24) is 0 Å². The molecule has 0 saturated heterocycles. The highest BCUT2D eigenvalue weighted by molar-refractivity contribution is 5.93. The Morgan fingerprint density at radius 2 is 1.52 bits per heavy atom. The van der Waals surface area contributed by atoms with Gasteiger partial charge in [0.05, 0.1) is 0 Å². The molecular formula is C20H27N2O+. The number of hydrogen-bond donors (Lipinski definition) is 2. The Kier molecular flexibility index (Phi) is 6.36. The fourth-order valence-electron chi connectivity index (χ4n) is 2.75. The smallest absolute Gasteiger partial charge is 0.282 e. The molecule has 0 aliphatic rings. The van der Waals surface area contributed by atoms with Crippen LogP contribution in [0.2, 0.25) is 0 Å². The Morgan fingerprint density at radius 1 is 0.957 bits per heavy atom. The molecule has 1 amide bonds. The van der Waals surface area contributed by atoms with Gasteiger partial charge in [-0.05, 0) is 25.0 Å². The maximum atomic E-state index is 12.4. The number of quaternary nitrogens is 1. The van der Waals surface area contributed by atoms with Crippen molar-refractivity contribution in [2.45, 2.75) is 39.3 Å². The van der Waals surface area contributed by atoms with Crippen LogP contribution in [-0.4, -0.2) is 11.9 Å². The summed E-state index contributed by atoms with van der Waals surface area (Å²) < 4.78 is 0. The molecule has 0 spiro atoms. The van der Waals surface area contributed by atoms with E-state index in [0.29, 0.717) is 12.0 Å². The molecule has 2 aromatic rings. The monoisotopic (exact) mass is 311 g/mol. The molecule has 3 N–H and O–H groups in total. The molecule has 0 bridgehead atoms. The van der Waals surface area contributed by atoms with Crippen molar-refractivity contribution in [2.75, 3.05) is 5.32 Å². The van der Waals surface area contributed by atoms with Gasteiger partial charge in [0, 0.05) is 17.7 Å². The minimum absolute atomic E-state index is 0.0425. The predicted molar refractivity (Wildman–Crippen MR) is 95.1 cm³/mol. The third kappa shape index (κ3) is 5.53. The highest BCUT2D eigenvalue weighted by atomic mass is 16.2. The Morgan fingerprint density at radius 3 is 2.09 bits per heavy atom. The number of hydrogen-bond acceptors (Lipinski definition) is 1. The summed E-state index contributed by atoms with van der Waals surface area (Å²) in [5.74, 6) is 0.627. The number of amides is 1. The van der Waals surface area contributed by atoms with E-state index in [-0.39, 0.29) is 11.9 Å². The lowest BCUT2D eigenvalue weighted by Gasteiger charge is -2.21. The molecule has 2 aromatic carbocycles. The SMILES string of the molecule is CC(C)C[C@H]([NH2+][C@@H](C)C(=O)Nc1ccccc1)c1ccccc1. The van der Waals surface area contributed by atoms with E-state index < -0.39 is 0 Å². The molecule has 0 unspecified atom stereocenters. The summed E-state index contributed by atoms with van der Waals surface area (Å²) >= 11 is 0. The molecule has 0 radical (unpaired) electrons. The van der Waals surface area contributed by atoms with Crippen LogP contribution in [0.3, 0.4) is 0 Å². The number of carbonyl (C=O) groups is 1. The summed E-state index contributed by atoms with van der Waals surface area (Å²) in [5.41, 5.74) is 2.12. The molecule has 2 atom stereocenters. The molecule has 2 rings (SSSR count). The Labute approximate surface area is 139 Å². The van der Waals surface area contributed by atoms with E-state index >= 15 is 0 Å². The fourth-order valence-corrected chi connectivity index (χ4v) is 2.75. The largest absolute Gasteiger partial charge is 0.330 e. The topological polar surface area (TPSA) is 45.7 Å². The summed E-state index contributed by atoms with van der Waals surface area (Å²) in [6.45, 7) is 6.41. The fraction of sp³-hybridized carbons (Fsp3) is 0.350. The van der Waals surface area contributed by atoms with E-state index in [1.807, 2.05) is 43.3 Å². The van der Waals surface area contributed by atoms with E-state index in [4.69, 9.17) is 0 Å². The first-order chi connectivity index (χ1) is 11.1. The van der Waals surface area contributed by atoms with Gasteiger partial charge in [0.15, 0.2) is 6.04 Å². The predicted octanol–water partition coefficient (Wildman–Crippen LogP) is 3.36. The number of para-hydroxylation sites is 1. The second-order valence-corrected chi connectivity index (χ2v) is 6.48. The number of carbonyl (C=O) groups excluding carboxylic acids is 1. The van der Waals surface area contributed by atoms with Crippen LogP contribution in [0.15, 0.2) is 60.7 Å². The van der Waals surface area contributed by atoms with Gasteiger partial charge in [0.1, 0.15) is 6.04 Å². The molecule has 0 aliphatic heterocycles. The summed E-state index contributed by atoms with van der Waals surface area (Å²) in [4.78, 5) is 12.4. The van der Waals surface area contributed by atoms with Crippen molar-refractivity contribution in [3.8, 4) is 0 Å². The maximum absolute atomic E-state index is 12.4. The lowest BCUT2D eigenvalue weighted by molar-refractivity contribution is -0.714. The molecule has 3 nitrogen and oxygen atoms in total. The third-order valence-electron chi connectivity index (χ3n) is 3.93. The second-order valence-electron chi connectivity index (χ2n) is 6.48. The standard InChI is InChI=1S/C20H26N2O/c1-15(2)14-19(17-10-6-4-7-11-17)21-16(3)20(23)22-18-12-8-5-9-13-18/h4-13,15-16,19,21H,14H2,1-3H3,(H,22,23)/p+1/t16-,19-/m0/s1. The van der Waals surface area contributed by atoms with Crippen molar-refractivity contribution in [3.05, 3.63) is 66.2 Å². The highest BCUT2D eigenvalue weighted by Crippen LogP contribution is 2.17. The van der Waals surface area contributed by atoms with E-state index in [9.17, 15) is 4.79 Å². The van der Waals surface area contributed by atoms with Crippen LogP contribution in [-0.2, 0) is 4.79 Å². The lowest BCUT2D eigenvalue weighted by Crippen LogP contribution is -2.92. The van der Waals surface area contributed by atoms with E-state index in [2.05, 4.69) is 48.7 Å². The first-order valence-electron chi connectivity index (χ1n) is 8.32. The molecule has 0 saturated carbocycles. The average molecular weight is 311 g/mol. The normalized spacial score (nSPS) is 13.6. The van der Waals surface area contributed by atoms with Crippen LogP contribution in [0.5, 0.6) is 0 Å². The van der Waals surface area contributed by atoms with Gasteiger partial charge in [-0.1, -0.05) is 62.4 Å². The third-order valence-corrected chi connectivity index (χ3v) is 3.93. The molecule has 122 valence electrons. The van der Waals surface area contributed by atoms with Gasteiger partial charge in [0.2, 0.25) is 0 Å². The number of nitrogens with one attached hydrogen (secondary N) is 1. The molecule has 0 aromatic heterocycles. The molecular weight excluding hydrogens is 284 g/mol. The summed E-state index contributed by atoms with van der Waals surface area (Å²) in [5, 5.41) is 5.16. The van der Waals surface area contributed by atoms with Crippen molar-refractivity contribution < 1.29 is 10.1 Å². The zero-order valence-corrected chi connectivity index (χ0v) is 14.2. The van der Waals surface area contributed by atoms with Crippen LogP contribution in [0.25, 0.3) is 0 Å². The van der Waals surface area contributed by atoms with Crippen LogP contribution in [0.4, 0.5) is 5.69 Å². The summed E-state index contributed by atoms with van der Waals surface area (Å²) in [6.07, 6.45) is 1.05. The number of benzene rings is 2. The number of nitrogens with two attached hydrogens (primary N) is 1. The van der Waals surface area contributed by atoms with Crippen molar-refractivity contribution >= 4 is 11.6 Å². The van der Waals surface area contributed by atoms with Crippen LogP contribution in [0.1, 0.15) is 38.8 Å². The minimum atomic E-state index is -0.140. The Bertz CT molecular complexity index is 596. The van der Waals surface area contributed by atoms with Gasteiger partial charge in [-0.25, -0.2) is 0 Å². The van der Waals surface area contributed by atoms with Gasteiger partial charge in [-0.3, -0.25) is 4.79 Å². The van der Waals surface area contributed by atoms with Gasteiger partial charge in [-0.2, -0.15) is 0 Å². The van der Waals surface area contributed by atoms with Crippen molar-refractivity contribution in [1.29, 1.82) is 0 Å².